The second-order valence-corrected chi connectivity index (χ2v) is 2.93. The van der Waals surface area contributed by atoms with Crippen molar-refractivity contribution in [3.8, 4) is 0 Å². The molecule has 1 unspecified atom stereocenters. The SMILES string of the molecule is CC(N)C(=O)O.CCCNN(C)C. The lowest BCUT2D eigenvalue weighted by Gasteiger charge is -2.08. The maximum Gasteiger partial charge on any atom is 0.320 e. The molecule has 5 nitrogen and oxygen atoms in total. The Morgan fingerprint density at radius 1 is 1.62 bits per heavy atom. The maximum absolute atomic E-state index is 9.57. The number of nitrogens with zero attached hydrogens (tertiary/aromatic N) is 1. The Balaban J connectivity index is 0. The van der Waals surface area contributed by atoms with Crippen LogP contribution in [0.15, 0.2) is 0 Å². The van der Waals surface area contributed by atoms with E-state index in [9.17, 15) is 4.79 Å². The summed E-state index contributed by atoms with van der Waals surface area (Å²) in [6, 6.07) is -0.731. The van der Waals surface area contributed by atoms with Crippen LogP contribution in [0.2, 0.25) is 0 Å². The summed E-state index contributed by atoms with van der Waals surface area (Å²) in [6.45, 7) is 4.64. The quantitative estimate of drug-likeness (QED) is 0.540. The van der Waals surface area contributed by atoms with Gasteiger partial charge in [0.1, 0.15) is 6.04 Å². The number of hydrazine groups is 1. The van der Waals surface area contributed by atoms with Crippen LogP contribution in [0.3, 0.4) is 0 Å². The van der Waals surface area contributed by atoms with Crippen LogP contribution in [0.5, 0.6) is 0 Å². The molecule has 80 valence electrons. The zero-order chi connectivity index (χ0) is 10.9. The Hall–Kier alpha value is -0.650. The third kappa shape index (κ3) is 18.4. The molecule has 4 N–H and O–H groups in total. The highest BCUT2D eigenvalue weighted by atomic mass is 16.4. The predicted octanol–water partition coefficient (Wildman–Crippen LogP) is -0.119. The molecule has 5 heteroatoms. The van der Waals surface area contributed by atoms with E-state index in [0.29, 0.717) is 0 Å². The van der Waals surface area contributed by atoms with Gasteiger partial charge in [-0.3, -0.25) is 15.2 Å². The summed E-state index contributed by atoms with van der Waals surface area (Å²) >= 11 is 0. The topological polar surface area (TPSA) is 78.6 Å². The molecule has 0 fully saturated rings. The number of hydrogen-bond donors (Lipinski definition) is 3. The molecule has 0 saturated heterocycles. The lowest BCUT2D eigenvalue weighted by molar-refractivity contribution is -0.138. The van der Waals surface area contributed by atoms with Gasteiger partial charge >= 0.3 is 5.97 Å². The first-order valence-electron chi connectivity index (χ1n) is 4.31. The van der Waals surface area contributed by atoms with Crippen molar-refractivity contribution < 1.29 is 9.90 Å². The van der Waals surface area contributed by atoms with Gasteiger partial charge in [-0.1, -0.05) is 6.92 Å². The highest BCUT2D eigenvalue weighted by Gasteiger charge is 1.99. The molecule has 0 amide bonds. The van der Waals surface area contributed by atoms with Gasteiger partial charge in [0.2, 0.25) is 0 Å². The van der Waals surface area contributed by atoms with E-state index >= 15 is 0 Å². The first-order chi connectivity index (χ1) is 5.91. The summed E-state index contributed by atoms with van der Waals surface area (Å²) in [5, 5.41) is 9.83. The molecule has 0 aliphatic heterocycles. The van der Waals surface area contributed by atoms with Crippen LogP contribution in [0.1, 0.15) is 20.3 Å². The molecule has 0 saturated carbocycles. The smallest absolute Gasteiger partial charge is 0.320 e. The third-order valence-corrected chi connectivity index (χ3v) is 1.07. The number of hydrogen-bond acceptors (Lipinski definition) is 4. The van der Waals surface area contributed by atoms with Crippen LogP contribution < -0.4 is 11.2 Å². The highest BCUT2D eigenvalue weighted by Crippen LogP contribution is 1.69. The lowest BCUT2D eigenvalue weighted by atomic mass is 10.4. The summed E-state index contributed by atoms with van der Waals surface area (Å²) in [6.07, 6.45) is 1.19. The Morgan fingerprint density at radius 2 is 2.00 bits per heavy atom. The van der Waals surface area contributed by atoms with E-state index in [0.717, 1.165) is 6.54 Å². The minimum atomic E-state index is -0.963. The summed E-state index contributed by atoms with van der Waals surface area (Å²) in [7, 11) is 3.99. The van der Waals surface area contributed by atoms with E-state index < -0.39 is 12.0 Å². The number of nitrogens with two attached hydrogens (primary N) is 1. The number of carbonyl (C=O) groups is 1. The first-order valence-corrected chi connectivity index (χ1v) is 4.31. The van der Waals surface area contributed by atoms with Crippen molar-refractivity contribution in [3.63, 3.8) is 0 Å². The van der Waals surface area contributed by atoms with Gasteiger partial charge in [-0.2, -0.15) is 0 Å². The molecule has 0 aliphatic rings. The van der Waals surface area contributed by atoms with E-state index in [1.54, 1.807) is 0 Å². The fourth-order valence-electron chi connectivity index (χ4n) is 0.335. The number of carboxylic acids is 1. The van der Waals surface area contributed by atoms with Gasteiger partial charge in [-0.25, -0.2) is 0 Å². The molecule has 1 atom stereocenters. The molecule has 0 radical (unpaired) electrons. The zero-order valence-corrected chi connectivity index (χ0v) is 8.87. The van der Waals surface area contributed by atoms with Gasteiger partial charge in [0.05, 0.1) is 0 Å². The van der Waals surface area contributed by atoms with Crippen molar-refractivity contribution >= 4 is 5.97 Å². The molecule has 0 aromatic carbocycles. The van der Waals surface area contributed by atoms with Gasteiger partial charge in [-0.15, -0.1) is 0 Å². The first kappa shape index (κ1) is 14.9. The van der Waals surface area contributed by atoms with Crippen molar-refractivity contribution in [1.29, 1.82) is 0 Å². The van der Waals surface area contributed by atoms with Crippen molar-refractivity contribution in [1.82, 2.24) is 10.4 Å². The molecule has 0 spiro atoms. The maximum atomic E-state index is 9.57. The Kier molecular flexibility index (Phi) is 10.8. The van der Waals surface area contributed by atoms with Crippen LogP contribution >= 0.6 is 0 Å². The van der Waals surface area contributed by atoms with Gasteiger partial charge in [-0.05, 0) is 13.3 Å². The number of carboxylic acid groups (broad SMARTS) is 1. The molecular formula is C8H21N3O2. The minimum Gasteiger partial charge on any atom is -0.480 e. The van der Waals surface area contributed by atoms with Gasteiger partial charge < -0.3 is 10.8 Å². The number of nitrogens with one attached hydrogen (secondary N) is 1. The molecule has 13 heavy (non-hydrogen) atoms. The van der Waals surface area contributed by atoms with Crippen LogP contribution in [-0.2, 0) is 4.79 Å². The summed E-state index contributed by atoms with van der Waals surface area (Å²) in [5.74, 6) is -0.963. The normalized spacial score (nSPS) is 11.8. The highest BCUT2D eigenvalue weighted by molar-refractivity contribution is 5.72. The second kappa shape index (κ2) is 9.44. The molecule has 0 aromatic rings. The Morgan fingerprint density at radius 3 is 2.08 bits per heavy atom. The van der Waals surface area contributed by atoms with Crippen LogP contribution in [-0.4, -0.2) is 42.8 Å². The minimum absolute atomic E-state index is 0.731. The molecule has 0 aliphatic carbocycles. The van der Waals surface area contributed by atoms with Crippen molar-refractivity contribution in [2.75, 3.05) is 20.6 Å². The molecule has 0 bridgehead atoms. The van der Waals surface area contributed by atoms with Crippen LogP contribution in [0.4, 0.5) is 0 Å². The summed E-state index contributed by atoms with van der Waals surface area (Å²) in [4.78, 5) is 9.57. The molecular weight excluding hydrogens is 170 g/mol. The van der Waals surface area contributed by atoms with E-state index in [1.165, 1.54) is 13.3 Å². The Bertz CT molecular complexity index is 127. The Labute approximate surface area is 79.9 Å². The summed E-state index contributed by atoms with van der Waals surface area (Å²) < 4.78 is 0. The van der Waals surface area contributed by atoms with Crippen LogP contribution in [0, 0.1) is 0 Å². The molecule has 0 rings (SSSR count). The van der Waals surface area contributed by atoms with Gasteiger partial charge in [0.15, 0.2) is 0 Å². The van der Waals surface area contributed by atoms with Crippen molar-refractivity contribution in [2.24, 2.45) is 5.73 Å². The summed E-state index contributed by atoms with van der Waals surface area (Å²) in [5.41, 5.74) is 7.96. The van der Waals surface area contributed by atoms with Crippen LogP contribution in [0.25, 0.3) is 0 Å². The van der Waals surface area contributed by atoms with Crippen molar-refractivity contribution in [2.45, 2.75) is 26.3 Å². The largest absolute Gasteiger partial charge is 0.480 e. The predicted molar refractivity (Wildman–Crippen MR) is 53.3 cm³/mol. The second-order valence-electron chi connectivity index (χ2n) is 2.93. The molecule has 0 heterocycles. The fraction of sp³-hybridized carbons (Fsp3) is 0.875. The van der Waals surface area contributed by atoms with E-state index in [4.69, 9.17) is 10.8 Å². The zero-order valence-electron chi connectivity index (χ0n) is 8.87. The van der Waals surface area contributed by atoms with Gasteiger partial charge in [0, 0.05) is 20.6 Å². The average molecular weight is 191 g/mol. The number of rotatable bonds is 4. The standard InChI is InChI=1S/C5H14N2.C3H7NO2/c1-4-5-6-7(2)3;1-2(4)3(5)6/h6H,4-5H2,1-3H3;2H,4H2,1H3,(H,5,6). The number of aliphatic carboxylic acids is 1. The van der Waals surface area contributed by atoms with Gasteiger partial charge in [0.25, 0.3) is 0 Å². The van der Waals surface area contributed by atoms with E-state index in [2.05, 4.69) is 12.3 Å². The monoisotopic (exact) mass is 191 g/mol. The molecule has 0 aromatic heterocycles. The van der Waals surface area contributed by atoms with Crippen molar-refractivity contribution in [3.05, 3.63) is 0 Å². The third-order valence-electron chi connectivity index (χ3n) is 1.07. The average Bonchev–Trinajstić information content (AvgIpc) is 2.01. The fourth-order valence-corrected chi connectivity index (χ4v) is 0.335. The lowest BCUT2D eigenvalue weighted by Crippen LogP contribution is -2.30. The van der Waals surface area contributed by atoms with E-state index in [1.807, 2.05) is 19.1 Å². The van der Waals surface area contributed by atoms with E-state index in [-0.39, 0.29) is 0 Å².